The summed E-state index contributed by atoms with van der Waals surface area (Å²) in [6.07, 6.45) is 1.08. The Hall–Kier alpha value is -1.39. The number of nitrogens with zero attached hydrogens (tertiary/aromatic N) is 2. The van der Waals surface area contributed by atoms with Crippen molar-refractivity contribution in [2.45, 2.75) is 12.8 Å². The Morgan fingerprint density at radius 1 is 1.55 bits per heavy atom. The van der Waals surface area contributed by atoms with Gasteiger partial charge in [-0.1, -0.05) is 0 Å². The molecule has 2 N–H and O–H groups in total. The van der Waals surface area contributed by atoms with E-state index in [-0.39, 0.29) is 11.9 Å². The van der Waals surface area contributed by atoms with Crippen LogP contribution in [0, 0.1) is 5.92 Å². The standard InChI is InChI=1S/C6H7N3O2/c7-5-3-1-2-4(10)11-6(3)9-8-5/h3H,1-2H2,(H2,7,8). The SMILES string of the molecule is NC1=NN=C2OC(=O)CCC12. The second-order valence-corrected chi connectivity index (χ2v) is 2.53. The zero-order chi connectivity index (χ0) is 7.84. The van der Waals surface area contributed by atoms with Crippen LogP contribution in [0.5, 0.6) is 0 Å². The molecule has 0 aliphatic carbocycles. The molecule has 2 rings (SSSR count). The second-order valence-electron chi connectivity index (χ2n) is 2.53. The Bertz CT molecular complexity index is 269. The zero-order valence-corrected chi connectivity index (χ0v) is 5.78. The van der Waals surface area contributed by atoms with Crippen molar-refractivity contribution in [1.29, 1.82) is 0 Å². The number of esters is 1. The summed E-state index contributed by atoms with van der Waals surface area (Å²) in [5, 5.41) is 7.25. The highest BCUT2D eigenvalue weighted by Gasteiger charge is 2.33. The first-order valence-electron chi connectivity index (χ1n) is 3.39. The molecule has 0 amide bonds. The Morgan fingerprint density at radius 3 is 3.18 bits per heavy atom. The third-order valence-electron chi connectivity index (χ3n) is 1.77. The molecule has 0 aromatic heterocycles. The van der Waals surface area contributed by atoms with Gasteiger partial charge in [0.2, 0.25) is 5.90 Å². The highest BCUT2D eigenvalue weighted by molar-refractivity contribution is 6.09. The average molecular weight is 153 g/mol. The Balaban J connectivity index is 2.20. The number of hydrogen-bond donors (Lipinski definition) is 1. The topological polar surface area (TPSA) is 77.0 Å². The summed E-state index contributed by atoms with van der Waals surface area (Å²) in [6, 6.07) is 0. The van der Waals surface area contributed by atoms with Gasteiger partial charge in [0.05, 0.1) is 5.92 Å². The van der Waals surface area contributed by atoms with Gasteiger partial charge in [0.15, 0.2) is 0 Å². The molecule has 1 atom stereocenters. The molecule has 0 spiro atoms. The molecule has 0 aromatic carbocycles. The van der Waals surface area contributed by atoms with Crippen LogP contribution in [0.15, 0.2) is 10.2 Å². The summed E-state index contributed by atoms with van der Waals surface area (Å²) in [4.78, 5) is 10.7. The van der Waals surface area contributed by atoms with Crippen molar-refractivity contribution in [3.8, 4) is 0 Å². The van der Waals surface area contributed by atoms with E-state index in [9.17, 15) is 4.79 Å². The van der Waals surface area contributed by atoms with Gasteiger partial charge in [-0.3, -0.25) is 4.79 Å². The first-order chi connectivity index (χ1) is 5.27. The molecule has 2 aliphatic heterocycles. The van der Waals surface area contributed by atoms with Crippen LogP contribution in [-0.2, 0) is 9.53 Å². The number of carbonyl (C=O) groups is 1. The van der Waals surface area contributed by atoms with Gasteiger partial charge < -0.3 is 10.5 Å². The molecule has 2 heterocycles. The average Bonchev–Trinajstić information content (AvgIpc) is 2.32. The van der Waals surface area contributed by atoms with Crippen molar-refractivity contribution < 1.29 is 9.53 Å². The lowest BCUT2D eigenvalue weighted by Gasteiger charge is -2.16. The van der Waals surface area contributed by atoms with Crippen molar-refractivity contribution >= 4 is 17.7 Å². The largest absolute Gasteiger partial charge is 0.409 e. The van der Waals surface area contributed by atoms with E-state index in [2.05, 4.69) is 10.2 Å². The van der Waals surface area contributed by atoms with E-state index in [0.29, 0.717) is 24.6 Å². The molecule has 58 valence electrons. The molecular weight excluding hydrogens is 146 g/mol. The fraction of sp³-hybridized carbons (Fsp3) is 0.500. The van der Waals surface area contributed by atoms with E-state index in [1.807, 2.05) is 0 Å². The lowest BCUT2D eigenvalue weighted by molar-refractivity contribution is -0.137. The van der Waals surface area contributed by atoms with Gasteiger partial charge in [-0.05, 0) is 6.42 Å². The number of hydrogen-bond acceptors (Lipinski definition) is 5. The smallest absolute Gasteiger partial charge is 0.312 e. The Kier molecular flexibility index (Phi) is 1.18. The summed E-state index contributed by atoms with van der Waals surface area (Å²) in [5.41, 5.74) is 5.48. The summed E-state index contributed by atoms with van der Waals surface area (Å²) < 4.78 is 4.80. The minimum atomic E-state index is -0.245. The normalized spacial score (nSPS) is 28.7. The molecular formula is C6H7N3O2. The van der Waals surface area contributed by atoms with Crippen LogP contribution in [0.3, 0.4) is 0 Å². The van der Waals surface area contributed by atoms with Gasteiger partial charge in [-0.15, -0.1) is 10.2 Å². The number of ether oxygens (including phenoxy) is 1. The molecule has 11 heavy (non-hydrogen) atoms. The molecule has 0 saturated carbocycles. The lowest BCUT2D eigenvalue weighted by Crippen LogP contribution is -2.34. The first-order valence-corrected chi connectivity index (χ1v) is 3.39. The van der Waals surface area contributed by atoms with Crippen molar-refractivity contribution in [1.82, 2.24) is 0 Å². The van der Waals surface area contributed by atoms with Crippen molar-refractivity contribution in [2.75, 3.05) is 0 Å². The van der Waals surface area contributed by atoms with E-state index in [4.69, 9.17) is 10.5 Å². The maximum Gasteiger partial charge on any atom is 0.312 e. The highest BCUT2D eigenvalue weighted by atomic mass is 16.5. The van der Waals surface area contributed by atoms with E-state index in [0.717, 1.165) is 0 Å². The fourth-order valence-electron chi connectivity index (χ4n) is 1.17. The fourth-order valence-corrected chi connectivity index (χ4v) is 1.17. The van der Waals surface area contributed by atoms with Crippen LogP contribution in [-0.4, -0.2) is 17.7 Å². The van der Waals surface area contributed by atoms with E-state index >= 15 is 0 Å². The van der Waals surface area contributed by atoms with Gasteiger partial charge in [0.25, 0.3) is 0 Å². The molecule has 0 radical (unpaired) electrons. The van der Waals surface area contributed by atoms with Crippen LogP contribution in [0.2, 0.25) is 0 Å². The maximum absolute atomic E-state index is 10.7. The van der Waals surface area contributed by atoms with Crippen LogP contribution < -0.4 is 5.73 Å². The summed E-state index contributed by atoms with van der Waals surface area (Å²) >= 11 is 0. The molecule has 5 nitrogen and oxygen atoms in total. The van der Waals surface area contributed by atoms with E-state index < -0.39 is 0 Å². The van der Waals surface area contributed by atoms with Gasteiger partial charge in [-0.25, -0.2) is 0 Å². The summed E-state index contributed by atoms with van der Waals surface area (Å²) in [5.74, 6) is 0.517. The van der Waals surface area contributed by atoms with Crippen LogP contribution in [0.4, 0.5) is 0 Å². The number of rotatable bonds is 0. The van der Waals surface area contributed by atoms with Gasteiger partial charge in [0.1, 0.15) is 5.84 Å². The van der Waals surface area contributed by atoms with Crippen molar-refractivity contribution in [3.63, 3.8) is 0 Å². The number of nitrogens with two attached hydrogens (primary N) is 1. The predicted octanol–water partition coefficient (Wildman–Crippen LogP) is -0.376. The summed E-state index contributed by atoms with van der Waals surface area (Å²) in [6.45, 7) is 0. The summed E-state index contributed by atoms with van der Waals surface area (Å²) in [7, 11) is 0. The van der Waals surface area contributed by atoms with Gasteiger partial charge in [0, 0.05) is 6.42 Å². The second kappa shape index (κ2) is 2.05. The third-order valence-corrected chi connectivity index (χ3v) is 1.77. The van der Waals surface area contributed by atoms with E-state index in [1.54, 1.807) is 0 Å². The first kappa shape index (κ1) is 6.33. The number of amidine groups is 1. The van der Waals surface area contributed by atoms with Crippen LogP contribution >= 0.6 is 0 Å². The molecule has 1 saturated heterocycles. The Labute approximate surface area is 62.9 Å². The quantitative estimate of drug-likeness (QED) is 0.482. The minimum absolute atomic E-state index is 0.0484. The molecule has 0 aromatic rings. The van der Waals surface area contributed by atoms with Gasteiger partial charge in [-0.2, -0.15) is 0 Å². The molecule has 1 unspecified atom stereocenters. The predicted molar refractivity (Wildman–Crippen MR) is 37.9 cm³/mol. The van der Waals surface area contributed by atoms with Gasteiger partial charge >= 0.3 is 5.97 Å². The molecule has 1 fully saturated rings. The number of fused-ring (bicyclic) bond motifs is 1. The van der Waals surface area contributed by atoms with Crippen molar-refractivity contribution in [3.05, 3.63) is 0 Å². The zero-order valence-electron chi connectivity index (χ0n) is 5.78. The minimum Gasteiger partial charge on any atom is -0.409 e. The lowest BCUT2D eigenvalue weighted by atomic mass is 10.0. The molecule has 5 heteroatoms. The molecule has 0 bridgehead atoms. The number of carbonyl (C=O) groups excluding carboxylic acids is 1. The monoisotopic (exact) mass is 153 g/mol. The maximum atomic E-state index is 10.7. The van der Waals surface area contributed by atoms with Crippen LogP contribution in [0.1, 0.15) is 12.8 Å². The van der Waals surface area contributed by atoms with E-state index in [1.165, 1.54) is 0 Å². The van der Waals surface area contributed by atoms with Crippen LogP contribution in [0.25, 0.3) is 0 Å². The highest BCUT2D eigenvalue weighted by Crippen LogP contribution is 2.21. The van der Waals surface area contributed by atoms with Crippen molar-refractivity contribution in [2.24, 2.45) is 21.9 Å². The third kappa shape index (κ3) is 0.886. The Morgan fingerprint density at radius 2 is 2.36 bits per heavy atom. The molecule has 2 aliphatic rings.